The van der Waals surface area contributed by atoms with Crippen molar-refractivity contribution in [3.05, 3.63) is 27.1 Å². The molecule has 19 heavy (non-hydrogen) atoms. The second kappa shape index (κ2) is 7.46. The van der Waals surface area contributed by atoms with Crippen LogP contribution in [0.15, 0.2) is 27.1 Å². The molecule has 0 unspecified atom stereocenters. The molecular formula is C11H12Br2N2O4. The lowest BCUT2D eigenvalue weighted by molar-refractivity contribution is -0.139. The molecule has 0 saturated heterocycles. The molecule has 104 valence electrons. The summed E-state index contributed by atoms with van der Waals surface area (Å²) in [5.74, 6) is -1.20. The number of nitrogens with one attached hydrogen (secondary N) is 2. The highest BCUT2D eigenvalue weighted by atomic mass is 79.9. The van der Waals surface area contributed by atoms with Crippen molar-refractivity contribution < 1.29 is 19.8 Å². The third-order valence-corrected chi connectivity index (χ3v) is 3.35. The van der Waals surface area contributed by atoms with Crippen LogP contribution in [0.25, 0.3) is 0 Å². The zero-order chi connectivity index (χ0) is 14.4. The molecule has 0 aliphatic carbocycles. The van der Waals surface area contributed by atoms with Gasteiger partial charge in [-0.05, 0) is 34.1 Å². The predicted octanol–water partition coefficient (Wildman–Crippen LogP) is 2.17. The third-order valence-electron chi connectivity index (χ3n) is 2.20. The second-order valence-electron chi connectivity index (χ2n) is 3.63. The minimum absolute atomic E-state index is 0.0513. The van der Waals surface area contributed by atoms with E-state index >= 15 is 0 Å². The van der Waals surface area contributed by atoms with Gasteiger partial charge in [0.25, 0.3) is 0 Å². The predicted molar refractivity (Wildman–Crippen MR) is 77.1 cm³/mol. The fraction of sp³-hybridized carbons (Fsp3) is 0.273. The summed E-state index contributed by atoms with van der Waals surface area (Å²) in [6, 6.07) is 3.37. The van der Waals surface area contributed by atoms with Gasteiger partial charge in [0.05, 0.1) is 5.69 Å². The van der Waals surface area contributed by atoms with Crippen LogP contribution >= 0.6 is 31.9 Å². The Balaban J connectivity index is 2.66. The van der Waals surface area contributed by atoms with E-state index in [2.05, 4.69) is 42.5 Å². The molecule has 0 saturated carbocycles. The van der Waals surface area contributed by atoms with Gasteiger partial charge < -0.3 is 20.8 Å². The summed E-state index contributed by atoms with van der Waals surface area (Å²) < 4.78 is 1.50. The molecule has 1 aromatic carbocycles. The monoisotopic (exact) mass is 394 g/mol. The minimum atomic E-state index is -1.20. The number of urea groups is 1. The van der Waals surface area contributed by atoms with Crippen LogP contribution in [-0.4, -0.2) is 34.9 Å². The minimum Gasteiger partial charge on any atom is -0.480 e. The molecule has 1 atom stereocenters. The van der Waals surface area contributed by atoms with Crippen LogP contribution < -0.4 is 10.6 Å². The lowest BCUT2D eigenvalue weighted by Gasteiger charge is -2.14. The molecule has 2 amide bonds. The van der Waals surface area contributed by atoms with Gasteiger partial charge in [-0.25, -0.2) is 9.59 Å². The standard InChI is InChI=1S/C11H12Br2N2O4/c12-6-1-2-8(7(13)5-6)14-11(19)15-9(3-4-16)10(17)18/h1-2,5,9,16H,3-4H2,(H,17,18)(H2,14,15,19)/t9-/m0/s1. The van der Waals surface area contributed by atoms with Crippen LogP contribution in [-0.2, 0) is 4.79 Å². The van der Waals surface area contributed by atoms with Gasteiger partial charge in [0.1, 0.15) is 6.04 Å². The molecular weight excluding hydrogens is 384 g/mol. The average molecular weight is 396 g/mol. The maximum absolute atomic E-state index is 11.6. The van der Waals surface area contributed by atoms with E-state index in [-0.39, 0.29) is 13.0 Å². The van der Waals surface area contributed by atoms with E-state index in [9.17, 15) is 9.59 Å². The maximum Gasteiger partial charge on any atom is 0.326 e. The smallest absolute Gasteiger partial charge is 0.326 e. The van der Waals surface area contributed by atoms with Crippen molar-refractivity contribution >= 4 is 49.5 Å². The molecule has 8 heteroatoms. The third kappa shape index (κ3) is 5.17. The first-order chi connectivity index (χ1) is 8.93. The lowest BCUT2D eigenvalue weighted by atomic mass is 10.2. The van der Waals surface area contributed by atoms with Crippen molar-refractivity contribution in [3.8, 4) is 0 Å². The SMILES string of the molecule is O=C(Nc1ccc(Br)cc1Br)N[C@@H](CCO)C(=O)O. The number of aliphatic hydroxyl groups is 1. The van der Waals surface area contributed by atoms with Crippen LogP contribution in [0.1, 0.15) is 6.42 Å². The summed E-state index contributed by atoms with van der Waals surface area (Å²) in [4.78, 5) is 22.5. The summed E-state index contributed by atoms with van der Waals surface area (Å²) in [7, 11) is 0. The Bertz CT molecular complexity index is 482. The van der Waals surface area contributed by atoms with Gasteiger partial charge in [0.2, 0.25) is 0 Å². The molecule has 6 nitrogen and oxygen atoms in total. The van der Waals surface area contributed by atoms with Crippen LogP contribution in [0.2, 0.25) is 0 Å². The van der Waals surface area contributed by atoms with Crippen molar-refractivity contribution in [2.45, 2.75) is 12.5 Å². The molecule has 0 aliphatic heterocycles. The number of hydrogen-bond acceptors (Lipinski definition) is 3. The molecule has 0 fully saturated rings. The normalized spacial score (nSPS) is 11.7. The van der Waals surface area contributed by atoms with Crippen molar-refractivity contribution in [1.82, 2.24) is 5.32 Å². The number of carboxylic acids is 1. The number of anilines is 1. The Morgan fingerprint density at radius 1 is 1.32 bits per heavy atom. The van der Waals surface area contributed by atoms with Crippen LogP contribution in [0.3, 0.4) is 0 Å². The molecule has 0 aliphatic rings. The number of rotatable bonds is 5. The number of amides is 2. The zero-order valence-electron chi connectivity index (χ0n) is 9.69. The lowest BCUT2D eigenvalue weighted by Crippen LogP contribution is -2.43. The first-order valence-electron chi connectivity index (χ1n) is 5.30. The molecule has 0 radical (unpaired) electrons. The summed E-state index contributed by atoms with van der Waals surface area (Å²) in [5, 5.41) is 22.3. The summed E-state index contributed by atoms with van der Waals surface area (Å²) >= 11 is 6.55. The van der Waals surface area contributed by atoms with E-state index in [1.807, 2.05) is 0 Å². The molecule has 0 aromatic heterocycles. The number of carboxylic acid groups (broad SMARTS) is 1. The molecule has 1 rings (SSSR count). The molecule has 1 aromatic rings. The summed E-state index contributed by atoms with van der Waals surface area (Å²) in [6.07, 6.45) is -0.0513. The van der Waals surface area contributed by atoms with Crippen molar-refractivity contribution in [2.24, 2.45) is 0 Å². The van der Waals surface area contributed by atoms with Gasteiger partial charge in [-0.15, -0.1) is 0 Å². The average Bonchev–Trinajstić information content (AvgIpc) is 2.32. The number of benzene rings is 1. The van der Waals surface area contributed by atoms with Crippen molar-refractivity contribution in [2.75, 3.05) is 11.9 Å². The van der Waals surface area contributed by atoms with Crippen LogP contribution in [0.4, 0.5) is 10.5 Å². The van der Waals surface area contributed by atoms with E-state index in [0.29, 0.717) is 10.2 Å². The number of carbonyl (C=O) groups excluding carboxylic acids is 1. The molecule has 0 heterocycles. The quantitative estimate of drug-likeness (QED) is 0.613. The molecule has 0 spiro atoms. The topological polar surface area (TPSA) is 98.7 Å². The van der Waals surface area contributed by atoms with Gasteiger partial charge >= 0.3 is 12.0 Å². The highest BCUT2D eigenvalue weighted by molar-refractivity contribution is 9.11. The van der Waals surface area contributed by atoms with Crippen LogP contribution in [0, 0.1) is 0 Å². The van der Waals surface area contributed by atoms with Gasteiger partial charge in [-0.1, -0.05) is 15.9 Å². The summed E-state index contributed by atoms with van der Waals surface area (Å²) in [6.45, 7) is -0.320. The highest BCUT2D eigenvalue weighted by Crippen LogP contribution is 2.25. The Morgan fingerprint density at radius 3 is 2.53 bits per heavy atom. The largest absolute Gasteiger partial charge is 0.480 e. The fourth-order valence-electron chi connectivity index (χ4n) is 1.29. The number of aliphatic hydroxyl groups excluding tert-OH is 1. The number of hydrogen-bond donors (Lipinski definition) is 4. The van der Waals surface area contributed by atoms with Gasteiger partial charge in [0, 0.05) is 22.0 Å². The number of halogens is 2. The first-order valence-corrected chi connectivity index (χ1v) is 6.89. The van der Waals surface area contributed by atoms with Crippen molar-refractivity contribution in [3.63, 3.8) is 0 Å². The van der Waals surface area contributed by atoms with Gasteiger partial charge in [0.15, 0.2) is 0 Å². The Kier molecular flexibility index (Phi) is 6.26. The fourth-order valence-corrected chi connectivity index (χ4v) is 2.44. The molecule has 4 N–H and O–H groups in total. The van der Waals surface area contributed by atoms with Gasteiger partial charge in [-0.2, -0.15) is 0 Å². The van der Waals surface area contributed by atoms with E-state index in [1.165, 1.54) is 0 Å². The zero-order valence-corrected chi connectivity index (χ0v) is 12.9. The Labute approximate surface area is 126 Å². The van der Waals surface area contributed by atoms with Crippen molar-refractivity contribution in [1.29, 1.82) is 0 Å². The van der Waals surface area contributed by atoms with E-state index in [0.717, 1.165) is 4.47 Å². The first kappa shape index (κ1) is 15.9. The van der Waals surface area contributed by atoms with Crippen LogP contribution in [0.5, 0.6) is 0 Å². The Hall–Kier alpha value is -1.12. The van der Waals surface area contributed by atoms with Gasteiger partial charge in [-0.3, -0.25) is 0 Å². The number of carbonyl (C=O) groups is 2. The van der Waals surface area contributed by atoms with E-state index in [1.54, 1.807) is 18.2 Å². The Morgan fingerprint density at radius 2 is 2.00 bits per heavy atom. The second-order valence-corrected chi connectivity index (χ2v) is 5.40. The van der Waals surface area contributed by atoms with E-state index < -0.39 is 18.0 Å². The maximum atomic E-state index is 11.6. The summed E-state index contributed by atoms with van der Waals surface area (Å²) in [5.41, 5.74) is 0.508. The molecule has 0 bridgehead atoms. The highest BCUT2D eigenvalue weighted by Gasteiger charge is 2.19. The van der Waals surface area contributed by atoms with E-state index in [4.69, 9.17) is 10.2 Å². The number of aliphatic carboxylic acids is 1.